The lowest BCUT2D eigenvalue weighted by Crippen LogP contribution is -2.56. The first-order chi connectivity index (χ1) is 14.3. The molecule has 11 nitrogen and oxygen atoms in total. The van der Waals surface area contributed by atoms with Gasteiger partial charge in [-0.25, -0.2) is 4.98 Å². The molecule has 164 valence electrons. The fourth-order valence-electron chi connectivity index (χ4n) is 3.02. The van der Waals surface area contributed by atoms with Gasteiger partial charge >= 0.3 is 7.12 Å². The van der Waals surface area contributed by atoms with Gasteiger partial charge < -0.3 is 30.3 Å². The van der Waals surface area contributed by atoms with Crippen molar-refractivity contribution in [3.63, 3.8) is 0 Å². The monoisotopic (exact) mass is 421 g/mol. The van der Waals surface area contributed by atoms with Gasteiger partial charge in [-0.3, -0.25) is 19.4 Å². The van der Waals surface area contributed by atoms with E-state index in [0.717, 1.165) is 0 Å². The molecule has 1 aromatic heterocycles. The molecule has 0 aromatic carbocycles. The number of ether oxygens (including phenoxy) is 1. The van der Waals surface area contributed by atoms with Crippen LogP contribution in [0.5, 0.6) is 0 Å². The zero-order valence-electron chi connectivity index (χ0n) is 17.2. The Morgan fingerprint density at radius 1 is 1.20 bits per heavy atom. The Kier molecular flexibility index (Phi) is 9.15. The highest BCUT2D eigenvalue weighted by molar-refractivity contribution is 6.43. The van der Waals surface area contributed by atoms with Crippen LogP contribution in [0.4, 0.5) is 0 Å². The van der Waals surface area contributed by atoms with Crippen LogP contribution in [0.2, 0.25) is 0 Å². The largest absolute Gasteiger partial charge is 0.475 e. The van der Waals surface area contributed by atoms with Crippen molar-refractivity contribution in [2.24, 2.45) is 5.92 Å². The third kappa shape index (κ3) is 7.36. The summed E-state index contributed by atoms with van der Waals surface area (Å²) < 4.78 is 5.23. The molecule has 0 spiro atoms. The van der Waals surface area contributed by atoms with E-state index in [1.54, 1.807) is 4.90 Å². The number of hydrogen-bond acceptors (Lipinski definition) is 8. The minimum atomic E-state index is -1.78. The number of nitrogens with one attached hydrogen (secondary N) is 2. The summed E-state index contributed by atoms with van der Waals surface area (Å²) in [6.07, 6.45) is 4.01. The zero-order valence-corrected chi connectivity index (χ0v) is 17.2. The van der Waals surface area contributed by atoms with Crippen molar-refractivity contribution in [3.8, 4) is 0 Å². The minimum Gasteiger partial charge on any atom is -0.426 e. The second kappa shape index (κ2) is 11.6. The number of morpholine rings is 1. The third-order valence-corrected chi connectivity index (χ3v) is 4.57. The molecule has 1 fully saturated rings. The third-order valence-electron chi connectivity index (χ3n) is 4.57. The van der Waals surface area contributed by atoms with E-state index in [4.69, 9.17) is 4.74 Å². The fourth-order valence-corrected chi connectivity index (χ4v) is 3.02. The summed E-state index contributed by atoms with van der Waals surface area (Å²) in [7, 11) is -1.78. The van der Waals surface area contributed by atoms with E-state index in [0.29, 0.717) is 32.7 Å². The molecular formula is C18H28BN5O6. The number of hydrogen-bond donors (Lipinski definition) is 4. The summed E-state index contributed by atoms with van der Waals surface area (Å²) in [6.45, 7) is 5.35. The molecule has 2 rings (SSSR count). The molecule has 1 unspecified atom stereocenters. The molecule has 1 aromatic rings. The summed E-state index contributed by atoms with van der Waals surface area (Å²) in [5, 5.41) is 24.2. The molecule has 1 aliphatic rings. The summed E-state index contributed by atoms with van der Waals surface area (Å²) in [4.78, 5) is 47.2. The van der Waals surface area contributed by atoms with Crippen molar-refractivity contribution >= 4 is 24.8 Å². The number of amides is 3. The van der Waals surface area contributed by atoms with Crippen molar-refractivity contribution in [1.29, 1.82) is 0 Å². The summed E-state index contributed by atoms with van der Waals surface area (Å²) in [5.41, 5.74) is -0.00459. The molecule has 12 heteroatoms. The van der Waals surface area contributed by atoms with E-state index in [9.17, 15) is 24.4 Å². The summed E-state index contributed by atoms with van der Waals surface area (Å²) in [5.74, 6) is -2.52. The van der Waals surface area contributed by atoms with Crippen LogP contribution in [0.25, 0.3) is 0 Å². The van der Waals surface area contributed by atoms with Gasteiger partial charge in [-0.05, 0) is 12.3 Å². The molecule has 0 saturated carbocycles. The molecule has 1 aliphatic heterocycles. The predicted octanol–water partition coefficient (Wildman–Crippen LogP) is -1.63. The second-order valence-corrected chi connectivity index (χ2v) is 7.47. The molecule has 0 aliphatic carbocycles. The van der Waals surface area contributed by atoms with E-state index in [2.05, 4.69) is 20.6 Å². The topological polar surface area (TPSA) is 154 Å². The fraction of sp³-hybridized carbons (Fsp3) is 0.611. The summed E-state index contributed by atoms with van der Waals surface area (Å²) in [6, 6.07) is -1.22. The van der Waals surface area contributed by atoms with Crippen molar-refractivity contribution in [2.75, 3.05) is 26.3 Å². The van der Waals surface area contributed by atoms with E-state index in [1.807, 2.05) is 13.8 Å². The highest BCUT2D eigenvalue weighted by atomic mass is 16.5. The highest BCUT2D eigenvalue weighted by Crippen LogP contribution is 2.09. The zero-order chi connectivity index (χ0) is 22.1. The van der Waals surface area contributed by atoms with Gasteiger partial charge in [0.2, 0.25) is 11.8 Å². The first-order valence-electron chi connectivity index (χ1n) is 9.86. The molecule has 4 N–H and O–H groups in total. The Labute approximate surface area is 175 Å². The van der Waals surface area contributed by atoms with Crippen molar-refractivity contribution in [2.45, 2.75) is 38.7 Å². The Morgan fingerprint density at radius 3 is 2.47 bits per heavy atom. The number of aromatic nitrogens is 2. The number of rotatable bonds is 9. The Hall–Kier alpha value is -2.57. The first-order valence-corrected chi connectivity index (χ1v) is 9.86. The lowest BCUT2D eigenvalue weighted by molar-refractivity contribution is -0.138. The molecule has 2 heterocycles. The first kappa shape index (κ1) is 23.7. The van der Waals surface area contributed by atoms with E-state index in [-0.39, 0.29) is 23.9 Å². The minimum absolute atomic E-state index is 0.00459. The van der Waals surface area contributed by atoms with Gasteiger partial charge in [0, 0.05) is 25.5 Å². The Bertz CT molecular complexity index is 714. The van der Waals surface area contributed by atoms with Crippen LogP contribution in [-0.4, -0.2) is 88.0 Å². The van der Waals surface area contributed by atoms with Crippen LogP contribution in [0.3, 0.4) is 0 Å². The second-order valence-electron chi connectivity index (χ2n) is 7.47. The van der Waals surface area contributed by atoms with Gasteiger partial charge in [0.1, 0.15) is 11.7 Å². The number of nitrogens with zero attached hydrogens (tertiary/aromatic N) is 3. The van der Waals surface area contributed by atoms with Gasteiger partial charge in [0.05, 0.1) is 31.8 Å². The standard InChI is InChI=1S/C18H28BN5O6/c1-12(2)9-15(19(28)29)23-17(26)13(10-16(25)24-5-7-30-8-6-24)22-18(27)14-11-20-3-4-21-14/h3-4,11-13,15,28-29H,5-10H2,1-2H3,(H,22,27)(H,23,26)/t13?,15-/m0/s1. The maximum absolute atomic E-state index is 12.8. The van der Waals surface area contributed by atoms with Crippen molar-refractivity contribution in [3.05, 3.63) is 24.3 Å². The normalized spacial score (nSPS) is 16.0. The predicted molar refractivity (Wildman–Crippen MR) is 107 cm³/mol. The van der Waals surface area contributed by atoms with Gasteiger partial charge in [0.25, 0.3) is 5.91 Å². The van der Waals surface area contributed by atoms with Crippen molar-refractivity contribution in [1.82, 2.24) is 25.5 Å². The van der Waals surface area contributed by atoms with Crippen LogP contribution in [-0.2, 0) is 14.3 Å². The van der Waals surface area contributed by atoms with Crippen LogP contribution >= 0.6 is 0 Å². The van der Waals surface area contributed by atoms with Gasteiger partial charge in [-0.1, -0.05) is 13.8 Å². The van der Waals surface area contributed by atoms with Crippen molar-refractivity contribution < 1.29 is 29.2 Å². The van der Waals surface area contributed by atoms with Crippen LogP contribution in [0.1, 0.15) is 37.2 Å². The van der Waals surface area contributed by atoms with Gasteiger partial charge in [-0.2, -0.15) is 0 Å². The molecule has 0 radical (unpaired) electrons. The molecule has 2 atom stereocenters. The maximum Gasteiger partial charge on any atom is 0.475 e. The van der Waals surface area contributed by atoms with Crippen LogP contribution in [0, 0.1) is 5.92 Å². The molecule has 3 amide bonds. The maximum atomic E-state index is 12.8. The van der Waals surface area contributed by atoms with Crippen LogP contribution in [0.15, 0.2) is 18.6 Å². The van der Waals surface area contributed by atoms with E-state index >= 15 is 0 Å². The lowest BCUT2D eigenvalue weighted by Gasteiger charge is -2.29. The molecule has 30 heavy (non-hydrogen) atoms. The molecular weight excluding hydrogens is 393 g/mol. The summed E-state index contributed by atoms with van der Waals surface area (Å²) >= 11 is 0. The van der Waals surface area contributed by atoms with E-state index in [1.165, 1.54) is 18.6 Å². The van der Waals surface area contributed by atoms with E-state index < -0.39 is 30.9 Å². The quantitative estimate of drug-likeness (QED) is 0.347. The Balaban J connectivity index is 2.12. The number of carbonyl (C=O) groups is 3. The number of carbonyl (C=O) groups excluding carboxylic acids is 3. The average Bonchev–Trinajstić information content (AvgIpc) is 2.73. The lowest BCUT2D eigenvalue weighted by atomic mass is 9.75. The highest BCUT2D eigenvalue weighted by Gasteiger charge is 2.32. The molecule has 1 saturated heterocycles. The molecule has 0 bridgehead atoms. The SMILES string of the molecule is CC(C)C[C@H](NC(=O)C(CC(=O)N1CCOCC1)NC(=O)c1cnccn1)B(O)O. The van der Waals surface area contributed by atoms with Gasteiger partial charge in [-0.15, -0.1) is 0 Å². The average molecular weight is 421 g/mol. The van der Waals surface area contributed by atoms with Gasteiger partial charge in [0.15, 0.2) is 0 Å². The van der Waals surface area contributed by atoms with Crippen LogP contribution < -0.4 is 10.6 Å². The smallest absolute Gasteiger partial charge is 0.426 e. The Morgan fingerprint density at radius 2 is 1.90 bits per heavy atom.